The molecule has 0 saturated carbocycles. The molecule has 0 aliphatic heterocycles. The second-order valence-corrected chi connectivity index (χ2v) is 7.36. The van der Waals surface area contributed by atoms with Crippen LogP contribution in [0.15, 0.2) is 114 Å². The van der Waals surface area contributed by atoms with Gasteiger partial charge in [0.05, 0.1) is 0 Å². The third kappa shape index (κ3) is 3.85. The largest absolute Gasteiger partial charge is 0.456 e. The fraction of sp³-hybridized carbons (Fsp3) is 0. The highest BCUT2D eigenvalue weighted by Crippen LogP contribution is 2.27. The van der Waals surface area contributed by atoms with Gasteiger partial charge in [-0.3, -0.25) is 0 Å². The number of hydrogen-bond donors (Lipinski definition) is 0. The number of rotatable bonds is 2. The van der Waals surface area contributed by atoms with Crippen LogP contribution in [0.25, 0.3) is 21.9 Å². The van der Waals surface area contributed by atoms with Gasteiger partial charge in [0.15, 0.2) is 0 Å². The maximum absolute atomic E-state index is 5.65. The zero-order valence-electron chi connectivity index (χ0n) is 14.3. The zero-order valence-corrected chi connectivity index (χ0v) is 15.3. The van der Waals surface area contributed by atoms with E-state index in [-0.39, 0.29) is 0 Å². The Kier molecular flexibility index (Phi) is 5.09. The molecule has 2 heteroatoms. The minimum absolute atomic E-state index is 0.777. The number of furan rings is 1. The summed E-state index contributed by atoms with van der Waals surface area (Å²) in [5.41, 5.74) is 1.92. The van der Waals surface area contributed by atoms with Crippen LogP contribution in [0.2, 0.25) is 0 Å². The maximum atomic E-state index is 5.65. The molecule has 0 fully saturated rings. The van der Waals surface area contributed by atoms with E-state index in [1.165, 1.54) is 21.4 Å². The first-order valence-electron chi connectivity index (χ1n) is 8.63. The van der Waals surface area contributed by atoms with Crippen molar-refractivity contribution >= 4 is 41.1 Å². The van der Waals surface area contributed by atoms with Gasteiger partial charge in [0.1, 0.15) is 11.2 Å². The van der Waals surface area contributed by atoms with E-state index in [1.54, 1.807) is 0 Å². The molecule has 1 nitrogen and oxygen atoms in total. The highest BCUT2D eigenvalue weighted by molar-refractivity contribution is 7.55. The SMILES string of the molecule is c1ccc(Pc2ccccc2)cc1.c1ccc2c(c1)oc1ccccc12. The maximum Gasteiger partial charge on any atom is 0.135 e. The van der Waals surface area contributed by atoms with Gasteiger partial charge in [0, 0.05) is 10.8 Å². The molecule has 1 aromatic heterocycles. The van der Waals surface area contributed by atoms with Crippen LogP contribution in [0.1, 0.15) is 0 Å². The van der Waals surface area contributed by atoms with Crippen molar-refractivity contribution in [2.75, 3.05) is 0 Å². The first-order chi connectivity index (χ1) is 12.9. The zero-order chi connectivity index (χ0) is 17.6. The van der Waals surface area contributed by atoms with E-state index in [0.717, 1.165) is 19.7 Å². The molecule has 4 aromatic carbocycles. The van der Waals surface area contributed by atoms with Gasteiger partial charge in [-0.25, -0.2) is 0 Å². The van der Waals surface area contributed by atoms with Crippen molar-refractivity contribution in [3.8, 4) is 0 Å². The Morgan fingerprint density at radius 2 is 0.808 bits per heavy atom. The fourth-order valence-corrected chi connectivity index (χ4v) is 3.94. The average molecular weight is 354 g/mol. The summed E-state index contributed by atoms with van der Waals surface area (Å²) in [6.45, 7) is 0. The quantitative estimate of drug-likeness (QED) is 0.360. The average Bonchev–Trinajstić information content (AvgIpc) is 3.09. The summed E-state index contributed by atoms with van der Waals surface area (Å²) in [5.74, 6) is 0. The van der Waals surface area contributed by atoms with Crippen molar-refractivity contribution in [1.82, 2.24) is 0 Å². The van der Waals surface area contributed by atoms with Gasteiger partial charge in [0.2, 0.25) is 0 Å². The van der Waals surface area contributed by atoms with Crippen molar-refractivity contribution in [2.24, 2.45) is 0 Å². The Balaban J connectivity index is 0.000000129. The number of para-hydroxylation sites is 2. The summed E-state index contributed by atoms with van der Waals surface area (Å²) < 4.78 is 5.65. The molecule has 0 unspecified atom stereocenters. The first kappa shape index (κ1) is 16.6. The van der Waals surface area contributed by atoms with Crippen LogP contribution in [0.4, 0.5) is 0 Å². The predicted molar refractivity (Wildman–Crippen MR) is 114 cm³/mol. The molecular weight excluding hydrogens is 335 g/mol. The van der Waals surface area contributed by atoms with Gasteiger partial charge in [-0.15, -0.1) is 0 Å². The minimum atomic E-state index is 0.777. The summed E-state index contributed by atoms with van der Waals surface area (Å²) in [7, 11) is 0.777. The van der Waals surface area contributed by atoms with Gasteiger partial charge in [-0.1, -0.05) is 106 Å². The molecule has 0 radical (unpaired) electrons. The molecule has 126 valence electrons. The molecule has 0 bridgehead atoms. The smallest absolute Gasteiger partial charge is 0.135 e. The van der Waals surface area contributed by atoms with Crippen LogP contribution >= 0.6 is 8.58 Å². The standard InChI is InChI=1S/C12H8O.C12H11P/c1-3-7-11-9(5-1)10-6-2-4-8-12(10)13-11;1-3-7-11(8-4-1)13-12-9-5-2-6-10-12/h1-8H;1-10,13H. The summed E-state index contributed by atoms with van der Waals surface area (Å²) >= 11 is 0. The molecule has 0 spiro atoms. The van der Waals surface area contributed by atoms with Crippen LogP contribution in [0.3, 0.4) is 0 Å². The van der Waals surface area contributed by atoms with E-state index in [0.29, 0.717) is 0 Å². The highest BCUT2D eigenvalue weighted by atomic mass is 31.1. The van der Waals surface area contributed by atoms with Crippen molar-refractivity contribution in [3.63, 3.8) is 0 Å². The minimum Gasteiger partial charge on any atom is -0.456 e. The second kappa shape index (κ2) is 7.99. The number of fused-ring (bicyclic) bond motifs is 3. The summed E-state index contributed by atoms with van der Waals surface area (Å²) in [6, 6.07) is 37.4. The Morgan fingerprint density at radius 3 is 1.27 bits per heavy atom. The van der Waals surface area contributed by atoms with Gasteiger partial charge in [-0.05, 0) is 22.7 Å². The lowest BCUT2D eigenvalue weighted by molar-refractivity contribution is 0.669. The number of benzene rings is 4. The van der Waals surface area contributed by atoms with Crippen LogP contribution < -0.4 is 10.6 Å². The first-order valence-corrected chi connectivity index (χ1v) is 9.63. The Bertz CT molecular complexity index is 1010. The van der Waals surface area contributed by atoms with Crippen molar-refractivity contribution in [2.45, 2.75) is 0 Å². The summed E-state index contributed by atoms with van der Waals surface area (Å²) in [4.78, 5) is 0. The van der Waals surface area contributed by atoms with E-state index in [4.69, 9.17) is 4.42 Å². The van der Waals surface area contributed by atoms with Gasteiger partial charge in [-0.2, -0.15) is 0 Å². The lowest BCUT2D eigenvalue weighted by Gasteiger charge is -2.00. The van der Waals surface area contributed by atoms with Gasteiger partial charge >= 0.3 is 0 Å². The lowest BCUT2D eigenvalue weighted by Crippen LogP contribution is -2.01. The Labute approximate surface area is 155 Å². The van der Waals surface area contributed by atoms with E-state index < -0.39 is 0 Å². The summed E-state index contributed by atoms with van der Waals surface area (Å²) in [6.07, 6.45) is 0. The van der Waals surface area contributed by atoms with Gasteiger partial charge < -0.3 is 4.42 Å². The van der Waals surface area contributed by atoms with Crippen LogP contribution in [0.5, 0.6) is 0 Å². The van der Waals surface area contributed by atoms with Crippen LogP contribution in [-0.2, 0) is 0 Å². The monoisotopic (exact) mass is 354 g/mol. The molecule has 5 rings (SSSR count). The molecule has 0 atom stereocenters. The molecule has 0 saturated heterocycles. The lowest BCUT2D eigenvalue weighted by atomic mass is 10.2. The normalized spacial score (nSPS) is 10.5. The van der Waals surface area contributed by atoms with E-state index >= 15 is 0 Å². The third-order valence-corrected chi connectivity index (χ3v) is 5.36. The van der Waals surface area contributed by atoms with E-state index in [9.17, 15) is 0 Å². The molecule has 26 heavy (non-hydrogen) atoms. The fourth-order valence-electron chi connectivity index (χ4n) is 2.88. The van der Waals surface area contributed by atoms with Crippen LogP contribution in [-0.4, -0.2) is 0 Å². The summed E-state index contributed by atoms with van der Waals surface area (Å²) in [5, 5.41) is 5.18. The van der Waals surface area contributed by atoms with Gasteiger partial charge in [0.25, 0.3) is 0 Å². The highest BCUT2D eigenvalue weighted by Gasteiger charge is 2.03. The molecule has 0 N–H and O–H groups in total. The molecule has 5 aromatic rings. The Morgan fingerprint density at radius 1 is 0.423 bits per heavy atom. The molecule has 0 aliphatic rings. The third-order valence-electron chi connectivity index (χ3n) is 4.12. The van der Waals surface area contributed by atoms with E-state index in [1.807, 2.05) is 36.4 Å². The van der Waals surface area contributed by atoms with E-state index in [2.05, 4.69) is 72.8 Å². The molecule has 0 aliphatic carbocycles. The Hall–Kier alpha value is -2.89. The molecular formula is C24H19OP. The predicted octanol–water partition coefficient (Wildman–Crippen LogP) is 5.90. The molecule has 1 heterocycles. The molecule has 0 amide bonds. The van der Waals surface area contributed by atoms with Crippen molar-refractivity contribution < 1.29 is 4.42 Å². The topological polar surface area (TPSA) is 13.1 Å². The van der Waals surface area contributed by atoms with Crippen LogP contribution in [0, 0.1) is 0 Å². The number of hydrogen-bond acceptors (Lipinski definition) is 1. The van der Waals surface area contributed by atoms with Crippen molar-refractivity contribution in [3.05, 3.63) is 109 Å². The second-order valence-electron chi connectivity index (χ2n) is 5.95. The van der Waals surface area contributed by atoms with Crippen molar-refractivity contribution in [1.29, 1.82) is 0 Å².